The first-order valence-electron chi connectivity index (χ1n) is 5.36. The summed E-state index contributed by atoms with van der Waals surface area (Å²) in [4.78, 5) is 10.7. The first-order valence-corrected chi connectivity index (χ1v) is 5.36. The van der Waals surface area contributed by atoms with Crippen LogP contribution in [0.4, 0.5) is 0 Å². The van der Waals surface area contributed by atoms with Gasteiger partial charge >= 0.3 is 5.97 Å². The van der Waals surface area contributed by atoms with E-state index in [4.69, 9.17) is 4.42 Å². The Bertz CT molecular complexity index is 436. The second-order valence-electron chi connectivity index (χ2n) is 3.86. The number of carbonyl (C=O) groups is 1. The van der Waals surface area contributed by atoms with Gasteiger partial charge in [-0.25, -0.2) is 4.79 Å². The molecule has 0 radical (unpaired) electrons. The third kappa shape index (κ3) is 4.33. The van der Waals surface area contributed by atoms with E-state index in [1.165, 1.54) is 7.11 Å². The predicted molar refractivity (Wildman–Crippen MR) is 62.3 cm³/mol. The first kappa shape index (κ1) is 13.3. The van der Waals surface area contributed by atoms with Crippen molar-refractivity contribution in [3.63, 3.8) is 0 Å². The number of esters is 1. The third-order valence-corrected chi connectivity index (χ3v) is 2.35. The monoisotopic (exact) mass is 236 g/mol. The number of furan rings is 1. The van der Waals surface area contributed by atoms with Gasteiger partial charge in [0.2, 0.25) is 0 Å². The number of methoxy groups -OCH3 is 1. The molecule has 0 bridgehead atoms. The SMILES string of the molecule is COC(=O)C#CC(O)CC(C)c1ccc(C)o1. The molecule has 0 saturated heterocycles. The van der Waals surface area contributed by atoms with Crippen molar-refractivity contribution >= 4 is 5.97 Å². The topological polar surface area (TPSA) is 59.7 Å². The quantitative estimate of drug-likeness (QED) is 0.492. The Morgan fingerprint density at radius 3 is 2.82 bits per heavy atom. The Kier molecular flexibility index (Phi) is 4.80. The molecule has 2 atom stereocenters. The fourth-order valence-electron chi connectivity index (χ4n) is 1.42. The molecule has 0 aliphatic rings. The van der Waals surface area contributed by atoms with E-state index in [1.807, 2.05) is 26.0 Å². The number of hydrogen-bond donors (Lipinski definition) is 1. The Morgan fingerprint density at radius 1 is 1.59 bits per heavy atom. The molecule has 4 heteroatoms. The van der Waals surface area contributed by atoms with E-state index in [0.717, 1.165) is 11.5 Å². The van der Waals surface area contributed by atoms with Crippen LogP contribution in [0.3, 0.4) is 0 Å². The summed E-state index contributed by atoms with van der Waals surface area (Å²) in [6.45, 7) is 3.80. The van der Waals surface area contributed by atoms with E-state index in [0.29, 0.717) is 6.42 Å². The molecule has 1 N–H and O–H groups in total. The van der Waals surface area contributed by atoms with Gasteiger partial charge in [-0.15, -0.1) is 0 Å². The summed E-state index contributed by atoms with van der Waals surface area (Å²) >= 11 is 0. The number of hydrogen-bond acceptors (Lipinski definition) is 4. The van der Waals surface area contributed by atoms with Crippen LogP contribution in [0.15, 0.2) is 16.5 Å². The van der Waals surface area contributed by atoms with Crippen LogP contribution in [-0.4, -0.2) is 24.3 Å². The summed E-state index contributed by atoms with van der Waals surface area (Å²) < 4.78 is 9.79. The number of aliphatic hydroxyl groups is 1. The molecule has 0 amide bonds. The van der Waals surface area contributed by atoms with Gasteiger partial charge in [-0.1, -0.05) is 12.8 Å². The Morgan fingerprint density at radius 2 is 2.29 bits per heavy atom. The molecule has 1 aromatic rings. The van der Waals surface area contributed by atoms with E-state index in [9.17, 15) is 9.90 Å². The van der Waals surface area contributed by atoms with E-state index >= 15 is 0 Å². The molecule has 0 aliphatic heterocycles. The summed E-state index contributed by atoms with van der Waals surface area (Å²) in [5.74, 6) is 5.67. The van der Waals surface area contributed by atoms with E-state index < -0.39 is 12.1 Å². The zero-order chi connectivity index (χ0) is 12.8. The second-order valence-corrected chi connectivity index (χ2v) is 3.86. The molecule has 4 nitrogen and oxygen atoms in total. The van der Waals surface area contributed by atoms with Crippen LogP contribution in [0.25, 0.3) is 0 Å². The standard InChI is InChI=1S/C13H16O4/c1-9(12-6-4-10(2)17-12)8-11(14)5-7-13(15)16-3/h4,6,9,11,14H,8H2,1-3H3. The van der Waals surface area contributed by atoms with Crippen molar-refractivity contribution in [2.75, 3.05) is 7.11 Å². The van der Waals surface area contributed by atoms with Gasteiger partial charge in [-0.05, 0) is 25.5 Å². The van der Waals surface area contributed by atoms with Crippen molar-refractivity contribution in [3.8, 4) is 11.8 Å². The second kappa shape index (κ2) is 6.12. The average Bonchev–Trinajstić information content (AvgIpc) is 2.72. The minimum atomic E-state index is -0.866. The van der Waals surface area contributed by atoms with Gasteiger partial charge in [0.15, 0.2) is 0 Å². The summed E-state index contributed by atoms with van der Waals surface area (Å²) in [5, 5.41) is 9.61. The number of carbonyl (C=O) groups excluding carboxylic acids is 1. The molecule has 1 rings (SSSR count). The highest BCUT2D eigenvalue weighted by Crippen LogP contribution is 2.22. The lowest BCUT2D eigenvalue weighted by molar-refractivity contribution is -0.133. The first-order chi connectivity index (χ1) is 8.02. The molecular weight excluding hydrogens is 220 g/mol. The fraction of sp³-hybridized carbons (Fsp3) is 0.462. The lowest BCUT2D eigenvalue weighted by atomic mass is 10.0. The van der Waals surface area contributed by atoms with Crippen molar-refractivity contribution in [3.05, 3.63) is 23.7 Å². The summed E-state index contributed by atoms with van der Waals surface area (Å²) in [6.07, 6.45) is -0.453. The highest BCUT2D eigenvalue weighted by Gasteiger charge is 2.13. The molecule has 0 spiro atoms. The maximum absolute atomic E-state index is 10.7. The van der Waals surface area contributed by atoms with E-state index in [2.05, 4.69) is 16.6 Å². The molecule has 0 aromatic carbocycles. The highest BCUT2D eigenvalue weighted by molar-refractivity contribution is 5.88. The van der Waals surface area contributed by atoms with Crippen LogP contribution in [0, 0.1) is 18.8 Å². The van der Waals surface area contributed by atoms with Crippen molar-refractivity contribution in [2.45, 2.75) is 32.3 Å². The van der Waals surface area contributed by atoms with Crippen LogP contribution in [-0.2, 0) is 9.53 Å². The van der Waals surface area contributed by atoms with E-state index in [-0.39, 0.29) is 5.92 Å². The summed E-state index contributed by atoms with van der Waals surface area (Å²) in [7, 11) is 1.25. The van der Waals surface area contributed by atoms with Gasteiger partial charge in [0.05, 0.1) is 7.11 Å². The Hall–Kier alpha value is -1.73. The lowest BCUT2D eigenvalue weighted by Gasteiger charge is -2.09. The van der Waals surface area contributed by atoms with Crippen LogP contribution in [0.1, 0.15) is 30.8 Å². The molecule has 0 fully saturated rings. The van der Waals surface area contributed by atoms with Crippen LogP contribution >= 0.6 is 0 Å². The third-order valence-electron chi connectivity index (χ3n) is 2.35. The largest absolute Gasteiger partial charge is 0.466 e. The van der Waals surface area contributed by atoms with Gasteiger partial charge in [0.25, 0.3) is 0 Å². The molecule has 2 unspecified atom stereocenters. The van der Waals surface area contributed by atoms with Gasteiger partial charge in [-0.3, -0.25) is 0 Å². The minimum Gasteiger partial charge on any atom is -0.466 e. The van der Waals surface area contributed by atoms with Crippen molar-refractivity contribution in [1.82, 2.24) is 0 Å². The van der Waals surface area contributed by atoms with Crippen LogP contribution < -0.4 is 0 Å². The molecule has 1 heterocycles. The Balaban J connectivity index is 2.53. The maximum atomic E-state index is 10.7. The molecular formula is C13H16O4. The number of aryl methyl sites for hydroxylation is 1. The predicted octanol–water partition coefficient (Wildman–Crippen LogP) is 1.62. The van der Waals surface area contributed by atoms with Gasteiger partial charge in [-0.2, -0.15) is 0 Å². The van der Waals surface area contributed by atoms with Crippen molar-refractivity contribution < 1.29 is 19.1 Å². The maximum Gasteiger partial charge on any atom is 0.384 e. The van der Waals surface area contributed by atoms with E-state index in [1.54, 1.807) is 0 Å². The van der Waals surface area contributed by atoms with Crippen LogP contribution in [0.5, 0.6) is 0 Å². The zero-order valence-electron chi connectivity index (χ0n) is 10.2. The smallest absolute Gasteiger partial charge is 0.384 e. The molecule has 0 saturated carbocycles. The highest BCUT2D eigenvalue weighted by atomic mass is 16.5. The number of aliphatic hydroxyl groups excluding tert-OH is 1. The summed E-state index contributed by atoms with van der Waals surface area (Å²) in [5.41, 5.74) is 0. The Labute approximate surface area is 101 Å². The van der Waals surface area contributed by atoms with Crippen LogP contribution in [0.2, 0.25) is 0 Å². The van der Waals surface area contributed by atoms with Gasteiger partial charge in [0.1, 0.15) is 17.6 Å². The molecule has 17 heavy (non-hydrogen) atoms. The van der Waals surface area contributed by atoms with Gasteiger partial charge < -0.3 is 14.3 Å². The summed E-state index contributed by atoms with van der Waals surface area (Å²) in [6, 6.07) is 3.75. The van der Waals surface area contributed by atoms with Crippen molar-refractivity contribution in [1.29, 1.82) is 0 Å². The molecule has 92 valence electrons. The lowest BCUT2D eigenvalue weighted by Crippen LogP contribution is -2.09. The number of rotatable bonds is 3. The molecule has 1 aromatic heterocycles. The zero-order valence-corrected chi connectivity index (χ0v) is 10.2. The normalized spacial score (nSPS) is 13.4. The fourth-order valence-corrected chi connectivity index (χ4v) is 1.42. The number of ether oxygens (including phenoxy) is 1. The molecule has 0 aliphatic carbocycles. The van der Waals surface area contributed by atoms with Crippen molar-refractivity contribution in [2.24, 2.45) is 0 Å². The average molecular weight is 236 g/mol. The van der Waals surface area contributed by atoms with Gasteiger partial charge in [0, 0.05) is 11.8 Å². The minimum absolute atomic E-state index is 0.0469.